The lowest BCUT2D eigenvalue weighted by molar-refractivity contribution is 0.331. The first-order valence-electron chi connectivity index (χ1n) is 4.45. The summed E-state index contributed by atoms with van der Waals surface area (Å²) in [7, 11) is 4.01. The SMILES string of the molecule is CN(C)Cn1cnc2cc(O)ccc21. The van der Waals surface area contributed by atoms with Crippen LogP contribution in [-0.2, 0) is 6.67 Å². The number of rotatable bonds is 2. The lowest BCUT2D eigenvalue weighted by atomic mass is 10.3. The van der Waals surface area contributed by atoms with E-state index in [2.05, 4.69) is 9.88 Å². The number of phenolic OH excluding ortho intramolecular Hbond substituents is 1. The molecule has 1 heterocycles. The first-order chi connectivity index (χ1) is 6.66. The molecule has 2 aromatic rings. The van der Waals surface area contributed by atoms with Crippen LogP contribution in [0.2, 0.25) is 0 Å². The highest BCUT2D eigenvalue weighted by Gasteiger charge is 2.03. The van der Waals surface area contributed by atoms with E-state index in [0.29, 0.717) is 0 Å². The molecule has 2 rings (SSSR count). The fraction of sp³-hybridized carbons (Fsp3) is 0.300. The highest BCUT2D eigenvalue weighted by atomic mass is 16.3. The maximum absolute atomic E-state index is 9.26. The van der Waals surface area contributed by atoms with Crippen molar-refractivity contribution in [1.82, 2.24) is 14.5 Å². The summed E-state index contributed by atoms with van der Waals surface area (Å²) in [6.07, 6.45) is 1.78. The van der Waals surface area contributed by atoms with E-state index in [-0.39, 0.29) is 5.75 Å². The zero-order valence-electron chi connectivity index (χ0n) is 8.31. The lowest BCUT2D eigenvalue weighted by Gasteiger charge is -2.10. The van der Waals surface area contributed by atoms with Gasteiger partial charge in [-0.15, -0.1) is 0 Å². The molecule has 0 unspecified atom stereocenters. The Morgan fingerprint density at radius 3 is 2.93 bits per heavy atom. The predicted octanol–water partition coefficient (Wildman–Crippen LogP) is 1.26. The Morgan fingerprint density at radius 1 is 1.43 bits per heavy atom. The van der Waals surface area contributed by atoms with E-state index < -0.39 is 0 Å². The van der Waals surface area contributed by atoms with Gasteiger partial charge in [-0.3, -0.25) is 4.90 Å². The van der Waals surface area contributed by atoms with Crippen molar-refractivity contribution in [1.29, 1.82) is 0 Å². The summed E-state index contributed by atoms with van der Waals surface area (Å²) in [6.45, 7) is 0.793. The second-order valence-electron chi connectivity index (χ2n) is 3.61. The number of hydrogen-bond donors (Lipinski definition) is 1. The number of fused-ring (bicyclic) bond motifs is 1. The molecule has 0 bridgehead atoms. The third kappa shape index (κ3) is 1.56. The van der Waals surface area contributed by atoms with E-state index in [9.17, 15) is 5.11 Å². The molecule has 1 aromatic carbocycles. The molecule has 0 radical (unpaired) electrons. The first kappa shape index (κ1) is 9.02. The van der Waals surface area contributed by atoms with Crippen LogP contribution >= 0.6 is 0 Å². The van der Waals surface area contributed by atoms with E-state index in [1.165, 1.54) is 0 Å². The van der Waals surface area contributed by atoms with Gasteiger partial charge in [0.2, 0.25) is 0 Å². The number of aromatic nitrogens is 2. The maximum atomic E-state index is 9.26. The second-order valence-corrected chi connectivity index (χ2v) is 3.61. The Bertz CT molecular complexity index is 448. The molecule has 74 valence electrons. The second kappa shape index (κ2) is 3.31. The van der Waals surface area contributed by atoms with Crippen LogP contribution in [0, 0.1) is 0 Å². The van der Waals surface area contributed by atoms with E-state index in [0.717, 1.165) is 17.7 Å². The number of hydrogen-bond acceptors (Lipinski definition) is 3. The zero-order chi connectivity index (χ0) is 10.1. The predicted molar refractivity (Wildman–Crippen MR) is 55.1 cm³/mol. The van der Waals surface area contributed by atoms with Crippen molar-refractivity contribution >= 4 is 11.0 Å². The van der Waals surface area contributed by atoms with Crippen molar-refractivity contribution in [3.63, 3.8) is 0 Å². The molecule has 1 N–H and O–H groups in total. The fourth-order valence-electron chi connectivity index (χ4n) is 1.47. The Hall–Kier alpha value is -1.55. The van der Waals surface area contributed by atoms with Gasteiger partial charge in [0, 0.05) is 6.07 Å². The van der Waals surface area contributed by atoms with Crippen LogP contribution in [0.15, 0.2) is 24.5 Å². The molecule has 0 saturated heterocycles. The van der Waals surface area contributed by atoms with Gasteiger partial charge in [-0.05, 0) is 26.2 Å². The third-order valence-electron chi connectivity index (χ3n) is 2.04. The molecular formula is C10H13N3O. The number of benzene rings is 1. The highest BCUT2D eigenvalue weighted by molar-refractivity contribution is 5.76. The van der Waals surface area contributed by atoms with Crippen LogP contribution in [0.3, 0.4) is 0 Å². The highest BCUT2D eigenvalue weighted by Crippen LogP contribution is 2.18. The van der Waals surface area contributed by atoms with Gasteiger partial charge in [-0.1, -0.05) is 0 Å². The van der Waals surface area contributed by atoms with Crippen molar-refractivity contribution in [2.24, 2.45) is 0 Å². The van der Waals surface area contributed by atoms with Crippen LogP contribution in [0.25, 0.3) is 11.0 Å². The van der Waals surface area contributed by atoms with Crippen molar-refractivity contribution in [3.05, 3.63) is 24.5 Å². The molecule has 0 spiro atoms. The third-order valence-corrected chi connectivity index (χ3v) is 2.04. The summed E-state index contributed by atoms with van der Waals surface area (Å²) in [5.74, 6) is 0.257. The monoisotopic (exact) mass is 191 g/mol. The minimum atomic E-state index is 0.257. The summed E-state index contributed by atoms with van der Waals surface area (Å²) in [5.41, 5.74) is 1.86. The molecule has 4 heteroatoms. The zero-order valence-corrected chi connectivity index (χ0v) is 8.31. The van der Waals surface area contributed by atoms with Crippen molar-refractivity contribution in [3.8, 4) is 5.75 Å². The lowest BCUT2D eigenvalue weighted by Crippen LogP contribution is -2.15. The van der Waals surface area contributed by atoms with E-state index in [4.69, 9.17) is 0 Å². The Balaban J connectivity index is 2.47. The minimum absolute atomic E-state index is 0.257. The van der Waals surface area contributed by atoms with E-state index in [1.54, 1.807) is 18.5 Å². The van der Waals surface area contributed by atoms with Gasteiger partial charge >= 0.3 is 0 Å². The number of nitrogens with zero attached hydrogens (tertiary/aromatic N) is 3. The number of imidazole rings is 1. The fourth-order valence-corrected chi connectivity index (χ4v) is 1.47. The normalized spacial score (nSPS) is 11.4. The van der Waals surface area contributed by atoms with Crippen LogP contribution < -0.4 is 0 Å². The standard InChI is InChI=1S/C10H13N3O/c1-12(2)7-13-6-11-9-5-8(14)3-4-10(9)13/h3-6,14H,7H2,1-2H3. The summed E-state index contributed by atoms with van der Waals surface area (Å²) < 4.78 is 2.04. The van der Waals surface area contributed by atoms with E-state index >= 15 is 0 Å². The summed E-state index contributed by atoms with van der Waals surface area (Å²) in [5, 5.41) is 9.26. The quantitative estimate of drug-likeness (QED) is 0.777. The van der Waals surface area contributed by atoms with Gasteiger partial charge < -0.3 is 9.67 Å². The van der Waals surface area contributed by atoms with Gasteiger partial charge in [0.1, 0.15) is 5.75 Å². The van der Waals surface area contributed by atoms with Crippen LogP contribution in [0.5, 0.6) is 5.75 Å². The van der Waals surface area contributed by atoms with Gasteiger partial charge in [-0.2, -0.15) is 0 Å². The van der Waals surface area contributed by atoms with Crippen molar-refractivity contribution in [2.75, 3.05) is 14.1 Å². The smallest absolute Gasteiger partial charge is 0.117 e. The minimum Gasteiger partial charge on any atom is -0.508 e. The summed E-state index contributed by atoms with van der Waals surface area (Å²) >= 11 is 0. The van der Waals surface area contributed by atoms with Crippen LogP contribution in [0.1, 0.15) is 0 Å². The molecule has 14 heavy (non-hydrogen) atoms. The molecule has 0 aliphatic heterocycles. The van der Waals surface area contributed by atoms with Crippen LogP contribution in [0.4, 0.5) is 0 Å². The average Bonchev–Trinajstić information content (AvgIpc) is 2.47. The molecule has 0 atom stereocenters. The Labute approximate surface area is 82.4 Å². The molecular weight excluding hydrogens is 178 g/mol. The molecule has 0 amide bonds. The molecule has 0 saturated carbocycles. The van der Waals surface area contributed by atoms with Crippen molar-refractivity contribution < 1.29 is 5.11 Å². The number of aromatic hydroxyl groups is 1. The first-order valence-corrected chi connectivity index (χ1v) is 4.45. The maximum Gasteiger partial charge on any atom is 0.117 e. The van der Waals surface area contributed by atoms with E-state index in [1.807, 2.05) is 24.7 Å². The Kier molecular flexibility index (Phi) is 2.13. The van der Waals surface area contributed by atoms with Gasteiger partial charge in [0.05, 0.1) is 24.0 Å². The van der Waals surface area contributed by atoms with Gasteiger partial charge in [0.25, 0.3) is 0 Å². The molecule has 4 nitrogen and oxygen atoms in total. The Morgan fingerprint density at radius 2 is 2.21 bits per heavy atom. The topological polar surface area (TPSA) is 41.3 Å². The van der Waals surface area contributed by atoms with Gasteiger partial charge in [-0.25, -0.2) is 4.98 Å². The molecule has 1 aromatic heterocycles. The summed E-state index contributed by atoms with van der Waals surface area (Å²) in [4.78, 5) is 6.27. The molecule has 0 aliphatic rings. The molecule has 0 aliphatic carbocycles. The van der Waals surface area contributed by atoms with Crippen molar-refractivity contribution in [2.45, 2.75) is 6.67 Å². The molecule has 0 fully saturated rings. The summed E-state index contributed by atoms with van der Waals surface area (Å²) in [6, 6.07) is 5.22. The largest absolute Gasteiger partial charge is 0.508 e. The van der Waals surface area contributed by atoms with Crippen LogP contribution in [-0.4, -0.2) is 33.7 Å². The van der Waals surface area contributed by atoms with Gasteiger partial charge in [0.15, 0.2) is 0 Å². The number of phenols is 1. The average molecular weight is 191 g/mol.